The fraction of sp³-hybridized carbons (Fsp3) is 0.781. The van der Waals surface area contributed by atoms with Gasteiger partial charge in [0, 0.05) is 31.6 Å². The molecule has 1 aromatic rings. The Balaban J connectivity index is 1.53. The van der Waals surface area contributed by atoms with E-state index in [1.807, 2.05) is 18.2 Å². The number of unbranched alkanes of at least 4 members (excludes halogenated alkanes) is 15. The van der Waals surface area contributed by atoms with Crippen LogP contribution in [0, 0.1) is 0 Å². The van der Waals surface area contributed by atoms with Crippen molar-refractivity contribution in [3.63, 3.8) is 0 Å². The molecule has 2 unspecified atom stereocenters. The highest BCUT2D eigenvalue weighted by molar-refractivity contribution is 7.45. The number of pyridine rings is 1. The molecule has 1 aromatic heterocycles. The maximum atomic E-state index is 12.3. The molecule has 42 heavy (non-hydrogen) atoms. The molecular weight excluding hydrogens is 555 g/mol. The summed E-state index contributed by atoms with van der Waals surface area (Å²) in [6.45, 7) is 2.67. The summed E-state index contributed by atoms with van der Waals surface area (Å²) in [5.74, 6) is -0.663. The standard InChI is InChI=1S/C32H55N2O7P/c1-2-3-4-5-6-7-8-9-10-11-12-13-14-15-16-20-26-39-28-30(34-31(35)21-22-32(34)36)29-41-42(37,38)40-27-25-33-23-18-17-19-24-33/h17-19,23-24,30H,2-16,20-22,25-29H2,1H3. The fourth-order valence-corrected chi connectivity index (χ4v) is 5.96. The molecular formula is C32H55N2O7P. The van der Waals surface area contributed by atoms with Crippen LogP contribution < -0.4 is 9.46 Å². The number of ether oxygens (including phenoxy) is 1. The normalized spacial score (nSPS) is 15.8. The molecule has 240 valence electrons. The molecule has 0 spiro atoms. The van der Waals surface area contributed by atoms with E-state index in [1.54, 1.807) is 17.0 Å². The Morgan fingerprint density at radius 2 is 1.24 bits per heavy atom. The summed E-state index contributed by atoms with van der Waals surface area (Å²) in [5, 5.41) is 0. The Labute approximate surface area is 253 Å². The lowest BCUT2D eigenvalue weighted by Gasteiger charge is -2.29. The molecule has 2 amide bonds. The Morgan fingerprint density at radius 3 is 1.76 bits per heavy atom. The number of aromatic nitrogens is 1. The van der Waals surface area contributed by atoms with Gasteiger partial charge in [-0.2, -0.15) is 0 Å². The van der Waals surface area contributed by atoms with Gasteiger partial charge in [0.05, 0.1) is 19.3 Å². The van der Waals surface area contributed by atoms with E-state index in [9.17, 15) is 19.0 Å². The molecule has 0 aliphatic carbocycles. The number of likely N-dealkylation sites (tertiary alicyclic amines) is 1. The number of carbonyl (C=O) groups is 2. The van der Waals surface area contributed by atoms with E-state index in [0.717, 1.165) is 24.2 Å². The summed E-state index contributed by atoms with van der Waals surface area (Å²) in [4.78, 5) is 37.9. The van der Waals surface area contributed by atoms with Crippen molar-refractivity contribution in [1.29, 1.82) is 0 Å². The number of nitrogens with zero attached hydrogens (tertiary/aromatic N) is 2. The van der Waals surface area contributed by atoms with Crippen molar-refractivity contribution >= 4 is 19.6 Å². The van der Waals surface area contributed by atoms with Gasteiger partial charge in [-0.1, -0.05) is 109 Å². The Morgan fingerprint density at radius 1 is 0.738 bits per heavy atom. The number of phosphoric ester groups is 1. The van der Waals surface area contributed by atoms with Crippen LogP contribution in [0.3, 0.4) is 0 Å². The van der Waals surface area contributed by atoms with Crippen molar-refractivity contribution in [2.45, 2.75) is 135 Å². The third-order valence-corrected chi connectivity index (χ3v) is 8.67. The smallest absolute Gasteiger partial charge is 0.268 e. The minimum absolute atomic E-state index is 0.0378. The van der Waals surface area contributed by atoms with Crippen LogP contribution in [0.5, 0.6) is 0 Å². The largest absolute Gasteiger partial charge is 0.756 e. The maximum absolute atomic E-state index is 12.3. The summed E-state index contributed by atoms with van der Waals surface area (Å²) in [6.07, 6.45) is 24.5. The lowest BCUT2D eigenvalue weighted by atomic mass is 10.0. The van der Waals surface area contributed by atoms with Crippen LogP contribution in [0.15, 0.2) is 30.6 Å². The number of hydrogen-bond acceptors (Lipinski definition) is 7. The average Bonchev–Trinajstić information content (AvgIpc) is 3.31. The van der Waals surface area contributed by atoms with E-state index in [4.69, 9.17) is 13.8 Å². The first-order valence-electron chi connectivity index (χ1n) is 16.4. The number of rotatable bonds is 27. The van der Waals surface area contributed by atoms with Gasteiger partial charge in [-0.15, -0.1) is 0 Å². The number of phosphoric acid groups is 1. The van der Waals surface area contributed by atoms with Gasteiger partial charge in [0.2, 0.25) is 11.8 Å². The minimum Gasteiger partial charge on any atom is -0.756 e. The van der Waals surface area contributed by atoms with Crippen LogP contribution in [0.2, 0.25) is 0 Å². The summed E-state index contributed by atoms with van der Waals surface area (Å²) < 4.78 is 29.9. The molecule has 1 saturated heterocycles. The Kier molecular flexibility index (Phi) is 19.9. The third kappa shape index (κ3) is 16.9. The summed E-state index contributed by atoms with van der Waals surface area (Å²) in [5.41, 5.74) is 0. The van der Waals surface area contributed by atoms with Crippen molar-refractivity contribution in [3.05, 3.63) is 30.6 Å². The summed E-state index contributed by atoms with van der Waals surface area (Å²) >= 11 is 0. The van der Waals surface area contributed by atoms with Gasteiger partial charge in [0.1, 0.15) is 6.61 Å². The van der Waals surface area contributed by atoms with Gasteiger partial charge in [0.25, 0.3) is 7.82 Å². The fourth-order valence-electron chi connectivity index (χ4n) is 5.23. The molecule has 2 atom stereocenters. The van der Waals surface area contributed by atoms with E-state index in [2.05, 4.69) is 6.92 Å². The molecule has 0 bridgehead atoms. The molecule has 10 heteroatoms. The van der Waals surface area contributed by atoms with E-state index < -0.39 is 13.9 Å². The van der Waals surface area contributed by atoms with Crippen LogP contribution in [0.25, 0.3) is 0 Å². The topological polar surface area (TPSA) is 109 Å². The van der Waals surface area contributed by atoms with Crippen molar-refractivity contribution in [1.82, 2.24) is 4.90 Å². The van der Waals surface area contributed by atoms with Gasteiger partial charge in [-0.25, -0.2) is 4.57 Å². The number of hydrogen-bond donors (Lipinski definition) is 0. The zero-order valence-electron chi connectivity index (χ0n) is 25.9. The SMILES string of the molecule is CCCCCCCCCCCCCCCCCCOCC(COP(=O)([O-])OCC[n+]1ccccc1)N1C(=O)CCC1=O. The van der Waals surface area contributed by atoms with Crippen molar-refractivity contribution in [3.8, 4) is 0 Å². The summed E-state index contributed by atoms with van der Waals surface area (Å²) in [7, 11) is -4.61. The molecule has 0 aromatic carbocycles. The molecule has 2 rings (SSSR count). The lowest BCUT2D eigenvalue weighted by Crippen LogP contribution is -2.45. The average molecular weight is 611 g/mol. The quantitative estimate of drug-likeness (QED) is 0.0500. The molecule has 2 heterocycles. The highest BCUT2D eigenvalue weighted by atomic mass is 31.2. The number of imide groups is 1. The van der Waals surface area contributed by atoms with Crippen LogP contribution in [-0.4, -0.2) is 49.2 Å². The molecule has 1 fully saturated rings. The molecule has 1 aliphatic heterocycles. The van der Waals surface area contributed by atoms with Crippen LogP contribution in [-0.2, 0) is 34.5 Å². The first-order valence-corrected chi connectivity index (χ1v) is 17.9. The van der Waals surface area contributed by atoms with Gasteiger partial charge >= 0.3 is 0 Å². The molecule has 0 radical (unpaired) electrons. The second-order valence-corrected chi connectivity index (χ2v) is 12.8. The second kappa shape index (κ2) is 22.8. The highest BCUT2D eigenvalue weighted by Gasteiger charge is 2.36. The maximum Gasteiger partial charge on any atom is 0.268 e. The van der Waals surface area contributed by atoms with E-state index in [1.165, 1.54) is 83.5 Å². The van der Waals surface area contributed by atoms with Crippen molar-refractivity contribution in [2.75, 3.05) is 26.4 Å². The van der Waals surface area contributed by atoms with Gasteiger partial charge < -0.3 is 18.7 Å². The first-order chi connectivity index (χ1) is 20.4. The zero-order chi connectivity index (χ0) is 30.3. The molecule has 9 nitrogen and oxygen atoms in total. The van der Waals surface area contributed by atoms with E-state index >= 15 is 0 Å². The van der Waals surface area contributed by atoms with Crippen molar-refractivity contribution < 1.29 is 37.4 Å². The minimum atomic E-state index is -4.61. The number of carbonyl (C=O) groups excluding carboxylic acids is 2. The molecule has 1 aliphatic rings. The van der Waals surface area contributed by atoms with E-state index in [0.29, 0.717) is 13.2 Å². The third-order valence-electron chi connectivity index (χ3n) is 7.71. The Bertz CT molecular complexity index is 886. The van der Waals surface area contributed by atoms with Crippen LogP contribution in [0.4, 0.5) is 0 Å². The monoisotopic (exact) mass is 610 g/mol. The first kappa shape index (κ1) is 36.6. The van der Waals surface area contributed by atoms with Crippen LogP contribution in [0.1, 0.15) is 122 Å². The van der Waals surface area contributed by atoms with Gasteiger partial charge in [-0.3, -0.25) is 19.1 Å². The highest BCUT2D eigenvalue weighted by Crippen LogP contribution is 2.38. The lowest BCUT2D eigenvalue weighted by molar-refractivity contribution is -0.697. The predicted octanol–water partition coefficient (Wildman–Crippen LogP) is 6.27. The Hall–Kier alpha value is -1.64. The number of amides is 2. The predicted molar refractivity (Wildman–Crippen MR) is 161 cm³/mol. The second-order valence-electron chi connectivity index (χ2n) is 11.4. The summed E-state index contributed by atoms with van der Waals surface area (Å²) in [6, 6.07) is 4.73. The van der Waals surface area contributed by atoms with Gasteiger partial charge in [-0.05, 0) is 6.42 Å². The zero-order valence-corrected chi connectivity index (χ0v) is 26.8. The van der Waals surface area contributed by atoms with Crippen molar-refractivity contribution in [2.24, 2.45) is 0 Å². The van der Waals surface area contributed by atoms with Gasteiger partial charge in [0.15, 0.2) is 18.9 Å². The molecule has 0 saturated carbocycles. The van der Waals surface area contributed by atoms with Crippen LogP contribution >= 0.6 is 7.82 Å². The molecule has 0 N–H and O–H groups in total. The van der Waals surface area contributed by atoms with E-state index in [-0.39, 0.29) is 44.5 Å².